The predicted octanol–water partition coefficient (Wildman–Crippen LogP) is 5.67. The van der Waals surface area contributed by atoms with Crippen molar-refractivity contribution in [3.63, 3.8) is 0 Å². The Labute approximate surface area is 176 Å². The molecule has 2 fully saturated rings. The van der Waals surface area contributed by atoms with Crippen molar-refractivity contribution in [2.45, 2.75) is 23.4 Å². The first-order valence-corrected chi connectivity index (χ1v) is 10.4. The molecule has 0 N–H and O–H groups in total. The zero-order chi connectivity index (χ0) is 20.0. The maximum absolute atomic E-state index is 6.57. The van der Waals surface area contributed by atoms with Crippen LogP contribution in [0, 0.1) is 0 Å². The third-order valence-corrected chi connectivity index (χ3v) is 6.40. The van der Waals surface area contributed by atoms with Gasteiger partial charge in [-0.25, -0.2) is 0 Å². The van der Waals surface area contributed by atoms with Crippen LogP contribution in [0.1, 0.15) is 22.3 Å². The van der Waals surface area contributed by atoms with E-state index in [1.165, 1.54) is 22.3 Å². The van der Waals surface area contributed by atoms with Crippen LogP contribution >= 0.6 is 0 Å². The van der Waals surface area contributed by atoms with Gasteiger partial charge in [-0.3, -0.25) is 0 Å². The van der Waals surface area contributed by atoms with Gasteiger partial charge in [0.15, 0.2) is 0 Å². The van der Waals surface area contributed by atoms with E-state index in [4.69, 9.17) is 9.47 Å². The Bertz CT molecular complexity index is 966. The second kappa shape index (κ2) is 6.66. The normalized spacial score (nSPS) is 22.9. The van der Waals surface area contributed by atoms with Crippen LogP contribution in [-0.4, -0.2) is 12.2 Å². The Morgan fingerprint density at radius 1 is 0.367 bits per heavy atom. The largest absolute Gasteiger partial charge is 0.353 e. The Kier molecular flexibility index (Phi) is 3.92. The quantitative estimate of drug-likeness (QED) is 0.410. The lowest BCUT2D eigenvalue weighted by molar-refractivity contribution is 0.285. The Morgan fingerprint density at radius 2 is 0.600 bits per heavy atom. The molecule has 2 nitrogen and oxygen atoms in total. The summed E-state index contributed by atoms with van der Waals surface area (Å²) >= 11 is 0. The van der Waals surface area contributed by atoms with E-state index < -0.39 is 11.2 Å². The standard InChI is InChI=1S/C28H22O2/c1-5-13-21(14-6-1)27(22-15-7-2-8-16-22)25(29-27)26-28(30-26,23-17-9-3-10-18-23)24-19-11-4-12-20-24/h1-20,25-26H. The SMILES string of the molecule is c1ccc(C2(c3ccccc3)OC2C2OC2(c2ccccc2)c2ccccc2)cc1. The van der Waals surface area contributed by atoms with E-state index in [2.05, 4.69) is 97.1 Å². The van der Waals surface area contributed by atoms with E-state index in [9.17, 15) is 0 Å². The third-order valence-electron chi connectivity index (χ3n) is 6.40. The van der Waals surface area contributed by atoms with Gasteiger partial charge >= 0.3 is 0 Å². The van der Waals surface area contributed by atoms with E-state index in [1.54, 1.807) is 0 Å². The van der Waals surface area contributed by atoms with E-state index >= 15 is 0 Å². The van der Waals surface area contributed by atoms with Crippen LogP contribution in [0.15, 0.2) is 121 Å². The summed E-state index contributed by atoms with van der Waals surface area (Å²) in [6, 6.07) is 42.0. The van der Waals surface area contributed by atoms with Gasteiger partial charge in [-0.1, -0.05) is 121 Å². The highest BCUT2D eigenvalue weighted by Crippen LogP contribution is 2.64. The molecule has 6 rings (SSSR count). The number of rotatable bonds is 5. The van der Waals surface area contributed by atoms with Crippen molar-refractivity contribution in [1.82, 2.24) is 0 Å². The fraction of sp³-hybridized carbons (Fsp3) is 0.143. The molecule has 2 atom stereocenters. The van der Waals surface area contributed by atoms with Gasteiger partial charge in [-0.15, -0.1) is 0 Å². The van der Waals surface area contributed by atoms with Gasteiger partial charge < -0.3 is 9.47 Å². The lowest BCUT2D eigenvalue weighted by Crippen LogP contribution is -2.23. The molecule has 2 aliphatic heterocycles. The molecule has 2 heterocycles. The average Bonchev–Trinajstić information content (AvgIpc) is 3.75. The summed E-state index contributed by atoms with van der Waals surface area (Å²) in [6.45, 7) is 0. The van der Waals surface area contributed by atoms with Crippen molar-refractivity contribution in [2.75, 3.05) is 0 Å². The van der Waals surface area contributed by atoms with E-state index in [-0.39, 0.29) is 12.2 Å². The minimum Gasteiger partial charge on any atom is -0.353 e. The fourth-order valence-corrected chi connectivity index (χ4v) is 4.89. The molecule has 2 heteroatoms. The molecule has 4 aromatic carbocycles. The summed E-state index contributed by atoms with van der Waals surface area (Å²) in [6.07, 6.45) is -0.106. The van der Waals surface area contributed by atoms with Gasteiger partial charge in [-0.2, -0.15) is 0 Å². The molecule has 2 unspecified atom stereocenters. The van der Waals surface area contributed by atoms with Crippen LogP contribution in [0.5, 0.6) is 0 Å². The van der Waals surface area contributed by atoms with Crippen LogP contribution in [0.3, 0.4) is 0 Å². The zero-order valence-electron chi connectivity index (χ0n) is 16.5. The molecular formula is C28H22O2. The van der Waals surface area contributed by atoms with Crippen LogP contribution in [0.4, 0.5) is 0 Å². The summed E-state index contributed by atoms with van der Waals surface area (Å²) < 4.78 is 13.1. The van der Waals surface area contributed by atoms with E-state index in [0.717, 1.165) is 0 Å². The van der Waals surface area contributed by atoms with Gasteiger partial charge in [0.25, 0.3) is 0 Å². The van der Waals surface area contributed by atoms with Crippen molar-refractivity contribution in [2.24, 2.45) is 0 Å². The first-order valence-electron chi connectivity index (χ1n) is 10.4. The van der Waals surface area contributed by atoms with Crippen molar-refractivity contribution in [3.05, 3.63) is 144 Å². The van der Waals surface area contributed by atoms with Crippen LogP contribution in [0.25, 0.3) is 0 Å². The van der Waals surface area contributed by atoms with Gasteiger partial charge in [0, 0.05) is 0 Å². The number of benzene rings is 4. The van der Waals surface area contributed by atoms with Gasteiger partial charge in [0.2, 0.25) is 0 Å². The molecule has 0 aromatic heterocycles. The van der Waals surface area contributed by atoms with Crippen molar-refractivity contribution in [3.8, 4) is 0 Å². The number of hydrogen-bond donors (Lipinski definition) is 0. The van der Waals surface area contributed by atoms with Crippen molar-refractivity contribution >= 4 is 0 Å². The lowest BCUT2D eigenvalue weighted by atomic mass is 9.81. The maximum atomic E-state index is 6.57. The Hall–Kier alpha value is -3.20. The molecule has 0 saturated carbocycles. The predicted molar refractivity (Wildman–Crippen MR) is 117 cm³/mol. The summed E-state index contributed by atoms with van der Waals surface area (Å²) in [4.78, 5) is 0. The molecule has 0 bridgehead atoms. The summed E-state index contributed by atoms with van der Waals surface area (Å²) in [7, 11) is 0. The molecule has 0 radical (unpaired) electrons. The molecule has 0 amide bonds. The molecule has 146 valence electrons. The molecule has 4 aromatic rings. The minimum atomic E-state index is -0.474. The Balaban J connectivity index is 1.45. The smallest absolute Gasteiger partial charge is 0.148 e. The Morgan fingerprint density at radius 3 is 0.833 bits per heavy atom. The average molecular weight is 390 g/mol. The number of ether oxygens (including phenoxy) is 2. The lowest BCUT2D eigenvalue weighted by Gasteiger charge is -2.16. The highest BCUT2D eigenvalue weighted by atomic mass is 16.7. The van der Waals surface area contributed by atoms with Crippen molar-refractivity contribution in [1.29, 1.82) is 0 Å². The molecule has 30 heavy (non-hydrogen) atoms. The second-order valence-electron chi connectivity index (χ2n) is 8.01. The second-order valence-corrected chi connectivity index (χ2v) is 8.01. The van der Waals surface area contributed by atoms with Crippen molar-refractivity contribution < 1.29 is 9.47 Å². The molecule has 2 aliphatic rings. The van der Waals surface area contributed by atoms with Gasteiger partial charge in [-0.05, 0) is 22.3 Å². The summed E-state index contributed by atoms with van der Waals surface area (Å²) in [5.41, 5.74) is 3.74. The first kappa shape index (κ1) is 17.6. The number of epoxide rings is 2. The number of hydrogen-bond acceptors (Lipinski definition) is 2. The fourth-order valence-electron chi connectivity index (χ4n) is 4.89. The summed E-state index contributed by atoms with van der Waals surface area (Å²) in [5.74, 6) is 0. The summed E-state index contributed by atoms with van der Waals surface area (Å²) in [5, 5.41) is 0. The van der Waals surface area contributed by atoms with Gasteiger partial charge in [0.1, 0.15) is 23.4 Å². The highest BCUT2D eigenvalue weighted by Gasteiger charge is 2.75. The molecule has 0 spiro atoms. The van der Waals surface area contributed by atoms with Crippen LogP contribution < -0.4 is 0 Å². The van der Waals surface area contributed by atoms with E-state index in [0.29, 0.717) is 0 Å². The van der Waals surface area contributed by atoms with E-state index in [1.807, 2.05) is 24.3 Å². The topological polar surface area (TPSA) is 25.1 Å². The van der Waals surface area contributed by atoms with Crippen LogP contribution in [0.2, 0.25) is 0 Å². The minimum absolute atomic E-state index is 0.0530. The molecule has 0 aliphatic carbocycles. The van der Waals surface area contributed by atoms with Crippen LogP contribution in [-0.2, 0) is 20.7 Å². The monoisotopic (exact) mass is 390 g/mol. The maximum Gasteiger partial charge on any atom is 0.148 e. The molecule has 2 saturated heterocycles. The molecular weight excluding hydrogens is 368 g/mol. The highest BCUT2D eigenvalue weighted by molar-refractivity contribution is 5.50. The first-order chi connectivity index (χ1) is 14.9. The van der Waals surface area contributed by atoms with Gasteiger partial charge in [0.05, 0.1) is 0 Å². The third kappa shape index (κ3) is 2.51. The zero-order valence-corrected chi connectivity index (χ0v) is 16.5.